The van der Waals surface area contributed by atoms with Crippen LogP contribution >= 0.6 is 55.1 Å². The SMILES string of the molecule is COc1cc([C@H]2C3=CC[C@@H]4C(=O)N(c5cc([N+](=O)[O-])c(N(C)C)c([N+](=O)[O-])c5)C(=O)[C@@H]4[C@@H]3C[C@@]3(Cl)C(=O)N(c4ccc(F)cc4)C(=O)[C@@]23Cl)c(Br)c(Br)c1O. The number of nitro groups is 2. The zero-order valence-electron chi connectivity index (χ0n) is 28.6. The number of aromatic hydroxyl groups is 1. The number of hydrogen-bond acceptors (Lipinski definition) is 11. The Labute approximate surface area is 337 Å². The number of phenols is 1. The molecular formula is C35H26Br2Cl2FN5O10. The predicted octanol–water partition coefficient (Wildman–Crippen LogP) is 6.72. The summed E-state index contributed by atoms with van der Waals surface area (Å²) in [6.45, 7) is 0. The summed E-state index contributed by atoms with van der Waals surface area (Å²) in [5.74, 6) is -9.43. The van der Waals surface area contributed by atoms with Crippen molar-refractivity contribution in [3.05, 3.63) is 94.7 Å². The minimum Gasteiger partial charge on any atom is -0.503 e. The van der Waals surface area contributed by atoms with Gasteiger partial charge in [0.15, 0.2) is 26.9 Å². The number of nitrogens with zero attached hydrogens (tertiary/aromatic N) is 5. The van der Waals surface area contributed by atoms with Gasteiger partial charge in [0.2, 0.25) is 11.8 Å². The molecule has 0 unspecified atom stereocenters. The Balaban J connectivity index is 1.43. The molecule has 2 saturated heterocycles. The minimum atomic E-state index is -2.33. The van der Waals surface area contributed by atoms with Gasteiger partial charge in [0.1, 0.15) is 5.82 Å². The lowest BCUT2D eigenvalue weighted by molar-refractivity contribution is -0.392. The summed E-state index contributed by atoms with van der Waals surface area (Å²) in [7, 11) is 4.02. The second-order valence-electron chi connectivity index (χ2n) is 13.6. The fourth-order valence-corrected chi connectivity index (χ4v) is 10.3. The maximum absolute atomic E-state index is 14.7. The number of imide groups is 2. The summed E-state index contributed by atoms with van der Waals surface area (Å²) in [5.41, 5.74) is -1.69. The molecule has 0 bridgehead atoms. The molecule has 3 aromatic carbocycles. The Morgan fingerprint density at radius 3 is 2.05 bits per heavy atom. The van der Waals surface area contributed by atoms with Crippen LogP contribution in [0.3, 0.4) is 0 Å². The molecule has 7 rings (SSSR count). The van der Waals surface area contributed by atoms with Crippen LogP contribution < -0.4 is 19.4 Å². The van der Waals surface area contributed by atoms with Gasteiger partial charge in [-0.15, -0.1) is 23.2 Å². The molecule has 4 aliphatic rings. The number of rotatable bonds is 7. The number of carbonyl (C=O) groups is 4. The van der Waals surface area contributed by atoms with E-state index < -0.39 is 96.2 Å². The number of ether oxygens (including phenoxy) is 1. The maximum atomic E-state index is 14.7. The first-order valence-electron chi connectivity index (χ1n) is 16.3. The Kier molecular flexibility index (Phi) is 9.30. The van der Waals surface area contributed by atoms with Gasteiger partial charge in [-0.2, -0.15) is 0 Å². The molecule has 0 spiro atoms. The molecule has 0 radical (unpaired) electrons. The number of fused-ring (bicyclic) bond motifs is 4. The third kappa shape index (κ3) is 5.31. The molecule has 2 aliphatic heterocycles. The van der Waals surface area contributed by atoms with Gasteiger partial charge in [0.25, 0.3) is 11.8 Å². The highest BCUT2D eigenvalue weighted by Gasteiger charge is 2.77. The van der Waals surface area contributed by atoms with Gasteiger partial charge >= 0.3 is 11.4 Å². The number of anilines is 3. The fourth-order valence-electron chi connectivity index (χ4n) is 8.43. The number of allylic oxidation sites excluding steroid dienone is 2. The van der Waals surface area contributed by atoms with E-state index in [4.69, 9.17) is 27.9 Å². The lowest BCUT2D eigenvalue weighted by Crippen LogP contribution is -2.60. The molecule has 2 aliphatic carbocycles. The molecule has 1 N–H and O–H groups in total. The van der Waals surface area contributed by atoms with Crippen molar-refractivity contribution in [3.63, 3.8) is 0 Å². The number of halogens is 5. The summed E-state index contributed by atoms with van der Waals surface area (Å²) in [4.78, 5) is 78.6. The van der Waals surface area contributed by atoms with Crippen LogP contribution in [-0.2, 0) is 19.2 Å². The van der Waals surface area contributed by atoms with E-state index in [9.17, 15) is 48.9 Å². The first-order valence-corrected chi connectivity index (χ1v) is 18.6. The normalized spacial score (nSPS) is 27.1. The molecule has 4 amide bonds. The van der Waals surface area contributed by atoms with Crippen LogP contribution in [-0.4, -0.2) is 69.5 Å². The van der Waals surface area contributed by atoms with E-state index in [1.54, 1.807) is 6.08 Å². The standard InChI is InChI=1S/C35H26Br2Cl2FN5O10/c1-41(2)28-21(44(51)52)10-16(11-22(28)45(53)54)42-30(47)18-9-8-17-20(24(18)31(42)48)13-34(38)32(49)43(15-6-4-14(40)5-7-15)33(50)35(34,39)25(17)19-12-23(55-3)29(46)27(37)26(19)36/h4-8,10-12,18,20,24-25,46H,9,13H2,1-3H3/t18-,20+,24-,25+,34+,35-/m0/s1. The molecule has 1 saturated carbocycles. The van der Waals surface area contributed by atoms with Gasteiger partial charge in [-0.1, -0.05) is 11.6 Å². The van der Waals surface area contributed by atoms with Crippen molar-refractivity contribution < 1.29 is 43.3 Å². The van der Waals surface area contributed by atoms with Gasteiger partial charge < -0.3 is 14.7 Å². The van der Waals surface area contributed by atoms with E-state index in [0.29, 0.717) is 10.5 Å². The number of phenolic OH excluding ortho intramolecular Hbond substituents is 1. The third-order valence-corrected chi connectivity index (χ3v) is 14.3. The van der Waals surface area contributed by atoms with Crippen LogP contribution in [0, 0.1) is 43.8 Å². The minimum absolute atomic E-state index is 0.0365. The Morgan fingerprint density at radius 1 is 0.909 bits per heavy atom. The highest BCUT2D eigenvalue weighted by Crippen LogP contribution is 2.67. The Hall–Kier alpha value is -4.65. The molecule has 15 nitrogen and oxygen atoms in total. The van der Waals surface area contributed by atoms with E-state index in [-0.39, 0.29) is 43.8 Å². The van der Waals surface area contributed by atoms with Gasteiger partial charge in [-0.3, -0.25) is 39.4 Å². The van der Waals surface area contributed by atoms with Gasteiger partial charge in [-0.25, -0.2) is 14.2 Å². The van der Waals surface area contributed by atoms with Crippen molar-refractivity contribution >= 4 is 107 Å². The van der Waals surface area contributed by atoms with Gasteiger partial charge in [0, 0.05) is 36.6 Å². The van der Waals surface area contributed by atoms with Crippen molar-refractivity contribution in [2.24, 2.45) is 17.8 Å². The number of carbonyl (C=O) groups excluding carboxylic acids is 4. The Bertz CT molecular complexity index is 2300. The quantitative estimate of drug-likeness (QED) is 0.0870. The number of amides is 4. The van der Waals surface area contributed by atoms with Crippen LogP contribution in [0.1, 0.15) is 24.3 Å². The average Bonchev–Trinajstić information content (AvgIpc) is 3.48. The lowest BCUT2D eigenvalue weighted by atomic mass is 9.56. The highest BCUT2D eigenvalue weighted by molar-refractivity contribution is 9.13. The molecule has 20 heteroatoms. The summed E-state index contributed by atoms with van der Waals surface area (Å²) in [5, 5.41) is 35.1. The summed E-state index contributed by atoms with van der Waals surface area (Å²) in [6, 6.07) is 7.71. The average molecular weight is 926 g/mol. The second kappa shape index (κ2) is 13.2. The maximum Gasteiger partial charge on any atom is 0.301 e. The van der Waals surface area contributed by atoms with Crippen LogP contribution in [0.25, 0.3) is 0 Å². The topological polar surface area (TPSA) is 194 Å². The largest absolute Gasteiger partial charge is 0.503 e. The molecule has 6 atom stereocenters. The third-order valence-electron chi connectivity index (χ3n) is 10.8. The van der Waals surface area contributed by atoms with E-state index >= 15 is 0 Å². The number of benzene rings is 3. The monoisotopic (exact) mass is 923 g/mol. The van der Waals surface area contributed by atoms with Crippen molar-refractivity contribution in [3.8, 4) is 11.5 Å². The van der Waals surface area contributed by atoms with E-state index in [1.807, 2.05) is 0 Å². The molecule has 3 aromatic rings. The van der Waals surface area contributed by atoms with Crippen molar-refractivity contribution in [1.29, 1.82) is 0 Å². The van der Waals surface area contributed by atoms with E-state index in [1.165, 1.54) is 44.3 Å². The molecule has 2 heterocycles. The fraction of sp³-hybridized carbons (Fsp3) is 0.314. The van der Waals surface area contributed by atoms with Crippen LogP contribution in [0.4, 0.5) is 32.8 Å². The van der Waals surface area contributed by atoms with Gasteiger partial charge in [-0.05, 0) is 86.5 Å². The summed E-state index contributed by atoms with van der Waals surface area (Å²) < 4.78 is 19.7. The molecule has 55 heavy (non-hydrogen) atoms. The number of alkyl halides is 2. The number of nitro benzene ring substituents is 2. The summed E-state index contributed by atoms with van der Waals surface area (Å²) >= 11 is 21.7. The van der Waals surface area contributed by atoms with Gasteiger partial charge in [0.05, 0.1) is 44.6 Å². The van der Waals surface area contributed by atoms with Crippen LogP contribution in [0.2, 0.25) is 0 Å². The van der Waals surface area contributed by atoms with E-state index in [2.05, 4.69) is 31.9 Å². The lowest BCUT2D eigenvalue weighted by Gasteiger charge is -2.51. The van der Waals surface area contributed by atoms with Crippen molar-refractivity contribution in [1.82, 2.24) is 0 Å². The zero-order valence-corrected chi connectivity index (χ0v) is 33.3. The second-order valence-corrected chi connectivity index (χ2v) is 16.5. The van der Waals surface area contributed by atoms with E-state index in [0.717, 1.165) is 29.2 Å². The van der Waals surface area contributed by atoms with Crippen LogP contribution in [0.15, 0.2) is 63.1 Å². The van der Waals surface area contributed by atoms with Crippen molar-refractivity contribution in [2.45, 2.75) is 28.5 Å². The van der Waals surface area contributed by atoms with Crippen molar-refractivity contribution in [2.75, 3.05) is 35.9 Å². The highest BCUT2D eigenvalue weighted by atomic mass is 79.9. The predicted molar refractivity (Wildman–Crippen MR) is 203 cm³/mol. The number of methoxy groups -OCH3 is 1. The first kappa shape index (κ1) is 38.6. The molecule has 0 aromatic heterocycles. The smallest absolute Gasteiger partial charge is 0.301 e. The molecule has 3 fully saturated rings. The molecule has 286 valence electrons. The molecular weight excluding hydrogens is 900 g/mol. The Morgan fingerprint density at radius 2 is 1.51 bits per heavy atom. The first-order chi connectivity index (χ1) is 25.8. The number of hydrogen-bond donors (Lipinski definition) is 1. The van der Waals surface area contributed by atoms with Crippen LogP contribution in [0.5, 0.6) is 11.5 Å². The zero-order chi connectivity index (χ0) is 40.2. The summed E-state index contributed by atoms with van der Waals surface area (Å²) in [6.07, 6.45) is 1.07.